The van der Waals surface area contributed by atoms with E-state index in [0.29, 0.717) is 12.2 Å². The Bertz CT molecular complexity index is 1060. The van der Waals surface area contributed by atoms with E-state index >= 15 is 0 Å². The van der Waals surface area contributed by atoms with E-state index in [2.05, 4.69) is 28.3 Å². The van der Waals surface area contributed by atoms with Gasteiger partial charge in [0.25, 0.3) is 5.91 Å². The fourth-order valence-corrected chi connectivity index (χ4v) is 4.20. The highest BCUT2D eigenvalue weighted by Crippen LogP contribution is 2.38. The van der Waals surface area contributed by atoms with Crippen molar-refractivity contribution >= 4 is 34.8 Å². The predicted octanol–water partition coefficient (Wildman–Crippen LogP) is 5.17. The van der Waals surface area contributed by atoms with Crippen molar-refractivity contribution in [1.82, 2.24) is 10.6 Å². The number of benzene rings is 1. The number of amides is 1. The summed E-state index contributed by atoms with van der Waals surface area (Å²) >= 11 is 12.5. The number of nitrogens with zero attached hydrogens (tertiary/aromatic N) is 2. The molecule has 2 heterocycles. The van der Waals surface area contributed by atoms with Crippen LogP contribution in [0.3, 0.4) is 0 Å². The lowest BCUT2D eigenvalue weighted by molar-refractivity contribution is 0.0696. The minimum Gasteiger partial charge on any atom is -0.361 e. The molecular weight excluding hydrogens is 425 g/mol. The van der Waals surface area contributed by atoms with Crippen LogP contribution >= 0.6 is 23.2 Å². The number of hydrogen-bond donors (Lipinski definition) is 2. The minimum absolute atomic E-state index is 0.0663. The van der Waals surface area contributed by atoms with Crippen LogP contribution in [0.25, 0.3) is 0 Å². The number of aryl methyl sites for hydroxylation is 1. The lowest BCUT2D eigenvalue weighted by Gasteiger charge is -2.30. The molecule has 0 bridgehead atoms. The van der Waals surface area contributed by atoms with E-state index in [0.717, 1.165) is 48.0 Å². The zero-order valence-corrected chi connectivity index (χ0v) is 17.7. The first-order valence-electron chi connectivity index (χ1n) is 9.77. The fraction of sp³-hybridized carbons (Fsp3) is 0.273. The number of hydroxylamine groups is 1. The molecule has 30 heavy (non-hydrogen) atoms. The lowest BCUT2D eigenvalue weighted by Crippen LogP contribution is -2.26. The van der Waals surface area contributed by atoms with Crippen LogP contribution in [0.15, 0.2) is 63.3 Å². The normalized spacial score (nSPS) is 15.4. The molecule has 1 aromatic heterocycles. The van der Waals surface area contributed by atoms with Gasteiger partial charge >= 0.3 is 0 Å². The number of allylic oxidation sites excluding steroid dienone is 5. The number of rotatable bonds is 6. The van der Waals surface area contributed by atoms with Crippen LogP contribution in [0, 0.1) is 0 Å². The van der Waals surface area contributed by atoms with Crippen molar-refractivity contribution in [2.75, 3.05) is 11.4 Å². The molecule has 156 valence electrons. The van der Waals surface area contributed by atoms with Crippen LogP contribution in [0.5, 0.6) is 0 Å². The molecule has 4 rings (SSSR count). The van der Waals surface area contributed by atoms with E-state index in [9.17, 15) is 4.79 Å². The third-order valence-corrected chi connectivity index (χ3v) is 5.74. The maximum Gasteiger partial charge on any atom is 0.296 e. The van der Waals surface area contributed by atoms with Gasteiger partial charge in [-0.15, -0.1) is 0 Å². The zero-order valence-electron chi connectivity index (χ0n) is 16.2. The molecule has 0 fully saturated rings. The molecule has 6 nitrogen and oxygen atoms in total. The smallest absolute Gasteiger partial charge is 0.296 e. The number of carbonyl (C=O) groups excluding carboxylic acids is 1. The predicted molar refractivity (Wildman–Crippen MR) is 116 cm³/mol. The largest absolute Gasteiger partial charge is 0.361 e. The van der Waals surface area contributed by atoms with Crippen LogP contribution in [0.2, 0.25) is 5.02 Å². The minimum atomic E-state index is -0.680. The molecule has 1 aliphatic heterocycles. The first kappa shape index (κ1) is 20.7. The van der Waals surface area contributed by atoms with Gasteiger partial charge in [-0.1, -0.05) is 34.4 Å². The molecule has 2 N–H and O–H groups in total. The Kier molecular flexibility index (Phi) is 6.27. The maximum atomic E-state index is 11.4. The number of aromatic nitrogens is 1. The molecule has 1 aliphatic carbocycles. The second-order valence-electron chi connectivity index (χ2n) is 7.28. The second kappa shape index (κ2) is 9.08. The fourth-order valence-electron chi connectivity index (χ4n) is 3.80. The molecular formula is C22H21Cl2N3O3. The summed E-state index contributed by atoms with van der Waals surface area (Å²) in [5.74, 6) is -0.0658. The van der Waals surface area contributed by atoms with Crippen molar-refractivity contribution in [2.24, 2.45) is 0 Å². The number of halogens is 2. The summed E-state index contributed by atoms with van der Waals surface area (Å²) in [5, 5.41) is 13.9. The van der Waals surface area contributed by atoms with E-state index in [1.807, 2.05) is 18.2 Å². The Morgan fingerprint density at radius 1 is 1.23 bits per heavy atom. The van der Waals surface area contributed by atoms with Crippen LogP contribution in [-0.2, 0) is 12.8 Å². The standard InChI is InChI=1S/C22H21Cl2N3O3/c23-16-6-8-20-14(11-16)4-5-15-12-17(24)7-9-21(15)27(20)10-2-1-3-18-13-19(26-30-18)22(28)25-29/h4,6-9,12-13,29H,1-3,5,10-11H2,(H,25,28). The van der Waals surface area contributed by atoms with Crippen molar-refractivity contribution in [2.45, 2.75) is 32.1 Å². The van der Waals surface area contributed by atoms with Gasteiger partial charge in [0, 0.05) is 46.9 Å². The van der Waals surface area contributed by atoms with Crippen molar-refractivity contribution in [3.05, 3.63) is 80.8 Å². The topological polar surface area (TPSA) is 78.6 Å². The van der Waals surface area contributed by atoms with Gasteiger partial charge < -0.3 is 9.42 Å². The summed E-state index contributed by atoms with van der Waals surface area (Å²) < 4.78 is 5.17. The average Bonchev–Trinajstić information content (AvgIpc) is 3.16. The van der Waals surface area contributed by atoms with Gasteiger partial charge in [0.2, 0.25) is 0 Å². The first-order valence-corrected chi connectivity index (χ1v) is 10.5. The highest BCUT2D eigenvalue weighted by molar-refractivity contribution is 6.30. The van der Waals surface area contributed by atoms with Crippen molar-refractivity contribution in [3.8, 4) is 0 Å². The molecule has 1 aromatic carbocycles. The molecule has 0 atom stereocenters. The summed E-state index contributed by atoms with van der Waals surface area (Å²) in [6.07, 6.45) is 10.3. The molecule has 0 spiro atoms. The first-order chi connectivity index (χ1) is 14.5. The second-order valence-corrected chi connectivity index (χ2v) is 8.20. The number of carbonyl (C=O) groups is 1. The lowest BCUT2D eigenvalue weighted by atomic mass is 10.0. The maximum absolute atomic E-state index is 11.4. The third kappa shape index (κ3) is 4.46. The highest BCUT2D eigenvalue weighted by atomic mass is 35.5. The van der Waals surface area contributed by atoms with Crippen molar-refractivity contribution < 1.29 is 14.5 Å². The summed E-state index contributed by atoms with van der Waals surface area (Å²) in [5.41, 5.74) is 6.36. The molecule has 1 amide bonds. The Hall–Kier alpha value is -2.54. The summed E-state index contributed by atoms with van der Waals surface area (Å²) in [4.78, 5) is 13.7. The highest BCUT2D eigenvalue weighted by Gasteiger charge is 2.23. The van der Waals surface area contributed by atoms with E-state index in [-0.39, 0.29) is 5.69 Å². The van der Waals surface area contributed by atoms with E-state index in [1.54, 1.807) is 11.5 Å². The Labute approximate surface area is 184 Å². The van der Waals surface area contributed by atoms with Gasteiger partial charge in [0.15, 0.2) is 5.69 Å². The number of fused-ring (bicyclic) bond motifs is 2. The summed E-state index contributed by atoms with van der Waals surface area (Å²) in [7, 11) is 0. The van der Waals surface area contributed by atoms with Gasteiger partial charge in [-0.05, 0) is 60.8 Å². The number of nitrogens with one attached hydrogen (secondary N) is 1. The third-order valence-electron chi connectivity index (χ3n) is 5.25. The van der Waals surface area contributed by atoms with Gasteiger partial charge in [0.1, 0.15) is 5.76 Å². The van der Waals surface area contributed by atoms with Crippen LogP contribution < -0.4 is 10.4 Å². The molecule has 0 radical (unpaired) electrons. The Morgan fingerprint density at radius 2 is 2.10 bits per heavy atom. The number of hydrogen-bond acceptors (Lipinski definition) is 5. The van der Waals surface area contributed by atoms with Gasteiger partial charge in [0.05, 0.1) is 0 Å². The van der Waals surface area contributed by atoms with Crippen LogP contribution in [0.4, 0.5) is 5.69 Å². The van der Waals surface area contributed by atoms with E-state index in [4.69, 9.17) is 32.9 Å². The monoisotopic (exact) mass is 445 g/mol. The SMILES string of the molecule is O=C(NO)c1cc(CCCCN2C3=CC=C(Cl)CC3=CCc3cc(Cl)ccc32)on1. The molecule has 2 aromatic rings. The molecule has 0 saturated heterocycles. The summed E-state index contributed by atoms with van der Waals surface area (Å²) in [6.45, 7) is 0.821. The molecule has 2 aliphatic rings. The molecule has 0 saturated carbocycles. The molecule has 0 unspecified atom stereocenters. The van der Waals surface area contributed by atoms with Crippen molar-refractivity contribution in [3.63, 3.8) is 0 Å². The van der Waals surface area contributed by atoms with Crippen LogP contribution in [-0.4, -0.2) is 22.8 Å². The van der Waals surface area contributed by atoms with Gasteiger partial charge in [-0.3, -0.25) is 10.0 Å². The van der Waals surface area contributed by atoms with E-state index < -0.39 is 5.91 Å². The zero-order chi connectivity index (χ0) is 21.1. The molecule has 8 heteroatoms. The van der Waals surface area contributed by atoms with Crippen molar-refractivity contribution in [1.29, 1.82) is 0 Å². The Morgan fingerprint density at radius 3 is 2.93 bits per heavy atom. The van der Waals surface area contributed by atoms with Gasteiger partial charge in [-0.2, -0.15) is 0 Å². The number of anilines is 1. The summed E-state index contributed by atoms with van der Waals surface area (Å²) in [6, 6.07) is 7.57. The van der Waals surface area contributed by atoms with Crippen LogP contribution in [0.1, 0.15) is 41.1 Å². The Balaban J connectivity index is 1.48. The average molecular weight is 446 g/mol. The van der Waals surface area contributed by atoms with Gasteiger partial charge in [-0.25, -0.2) is 5.48 Å². The number of unbranched alkanes of at least 4 members (excludes halogenated alkanes) is 1. The van der Waals surface area contributed by atoms with E-state index in [1.165, 1.54) is 16.8 Å². The quantitative estimate of drug-likeness (QED) is 0.364.